The monoisotopic (exact) mass is 212 g/mol. The maximum absolute atomic E-state index is 11.4. The molecule has 0 aliphatic carbocycles. The van der Waals surface area contributed by atoms with E-state index in [0.717, 1.165) is 0 Å². The Morgan fingerprint density at radius 1 is 1.31 bits per heavy atom. The quantitative estimate of drug-likeness (QED) is 0.729. The summed E-state index contributed by atoms with van der Waals surface area (Å²) < 4.78 is 1.43. The standard InChI is InChI=1S/C11H8N4O/c12-7-10-9(3-1-4-13-10)8-15-6-2-5-14-11(15)16/h1-6H,8H2. The number of rotatable bonds is 2. The minimum atomic E-state index is -0.338. The van der Waals surface area contributed by atoms with E-state index in [4.69, 9.17) is 5.26 Å². The van der Waals surface area contributed by atoms with Crippen LogP contribution in [0, 0.1) is 11.3 Å². The van der Waals surface area contributed by atoms with E-state index in [-0.39, 0.29) is 5.69 Å². The molecule has 16 heavy (non-hydrogen) atoms. The Kier molecular flexibility index (Phi) is 2.74. The van der Waals surface area contributed by atoms with Crippen molar-refractivity contribution in [1.29, 1.82) is 5.26 Å². The summed E-state index contributed by atoms with van der Waals surface area (Å²) >= 11 is 0. The molecule has 0 amide bonds. The summed E-state index contributed by atoms with van der Waals surface area (Å²) in [6.07, 6.45) is 4.62. The zero-order valence-corrected chi connectivity index (χ0v) is 8.37. The maximum Gasteiger partial charge on any atom is 0.347 e. The molecule has 2 aromatic rings. The first kappa shape index (κ1) is 10.1. The van der Waals surface area contributed by atoms with Crippen LogP contribution >= 0.6 is 0 Å². The normalized spacial score (nSPS) is 9.69. The molecule has 2 heterocycles. The van der Waals surface area contributed by atoms with Crippen molar-refractivity contribution in [2.75, 3.05) is 0 Å². The Labute approximate surface area is 91.6 Å². The number of nitrogens with zero attached hydrogens (tertiary/aromatic N) is 4. The largest absolute Gasteiger partial charge is 0.347 e. The van der Waals surface area contributed by atoms with Crippen LogP contribution in [0.5, 0.6) is 0 Å². The Hall–Kier alpha value is -2.48. The van der Waals surface area contributed by atoms with Gasteiger partial charge in [0.15, 0.2) is 0 Å². The van der Waals surface area contributed by atoms with Crippen LogP contribution in [0.3, 0.4) is 0 Å². The van der Waals surface area contributed by atoms with E-state index in [0.29, 0.717) is 17.8 Å². The molecule has 2 aromatic heterocycles. The fraction of sp³-hybridized carbons (Fsp3) is 0.0909. The molecule has 78 valence electrons. The Morgan fingerprint density at radius 2 is 2.12 bits per heavy atom. The number of nitriles is 1. The SMILES string of the molecule is N#Cc1ncccc1Cn1cccnc1=O. The van der Waals surface area contributed by atoms with Crippen LogP contribution in [-0.4, -0.2) is 14.5 Å². The summed E-state index contributed by atoms with van der Waals surface area (Å²) in [4.78, 5) is 18.9. The van der Waals surface area contributed by atoms with Gasteiger partial charge in [-0.3, -0.25) is 4.57 Å². The highest BCUT2D eigenvalue weighted by Gasteiger charge is 2.03. The average molecular weight is 212 g/mol. The molecule has 0 aliphatic heterocycles. The molecule has 0 N–H and O–H groups in total. The summed E-state index contributed by atoms with van der Waals surface area (Å²) in [5.74, 6) is 0. The van der Waals surface area contributed by atoms with Gasteiger partial charge in [0, 0.05) is 24.2 Å². The number of hydrogen-bond acceptors (Lipinski definition) is 4. The molecular weight excluding hydrogens is 204 g/mol. The molecule has 0 fully saturated rings. The van der Waals surface area contributed by atoms with Gasteiger partial charge in [0.1, 0.15) is 11.8 Å². The van der Waals surface area contributed by atoms with Gasteiger partial charge >= 0.3 is 5.69 Å². The predicted octanol–water partition coefficient (Wildman–Crippen LogP) is 0.558. The van der Waals surface area contributed by atoms with Crippen molar-refractivity contribution in [3.63, 3.8) is 0 Å². The lowest BCUT2D eigenvalue weighted by Crippen LogP contribution is -2.22. The lowest BCUT2D eigenvalue weighted by atomic mass is 10.2. The minimum absolute atomic E-state index is 0.309. The third-order valence-corrected chi connectivity index (χ3v) is 2.12. The molecule has 0 atom stereocenters. The zero-order chi connectivity index (χ0) is 11.4. The van der Waals surface area contributed by atoms with Crippen molar-refractivity contribution < 1.29 is 0 Å². The van der Waals surface area contributed by atoms with Gasteiger partial charge < -0.3 is 0 Å². The average Bonchev–Trinajstić information content (AvgIpc) is 2.33. The van der Waals surface area contributed by atoms with Gasteiger partial charge in [0.05, 0.1) is 6.54 Å². The van der Waals surface area contributed by atoms with Crippen LogP contribution in [0.2, 0.25) is 0 Å². The number of pyridine rings is 1. The molecule has 0 aromatic carbocycles. The zero-order valence-electron chi connectivity index (χ0n) is 8.37. The number of aromatic nitrogens is 3. The lowest BCUT2D eigenvalue weighted by molar-refractivity contribution is 0.722. The summed E-state index contributed by atoms with van der Waals surface area (Å²) in [5, 5.41) is 8.85. The van der Waals surface area contributed by atoms with Crippen molar-refractivity contribution in [2.45, 2.75) is 6.54 Å². The second-order valence-electron chi connectivity index (χ2n) is 3.15. The summed E-state index contributed by atoms with van der Waals surface area (Å²) in [5.41, 5.74) is 0.702. The molecule has 2 rings (SSSR count). The molecule has 0 saturated heterocycles. The van der Waals surface area contributed by atoms with Crippen molar-refractivity contribution in [3.8, 4) is 6.07 Å². The van der Waals surface area contributed by atoms with Gasteiger partial charge in [-0.15, -0.1) is 0 Å². The summed E-state index contributed by atoms with van der Waals surface area (Å²) in [6.45, 7) is 0.309. The highest BCUT2D eigenvalue weighted by Crippen LogP contribution is 2.04. The van der Waals surface area contributed by atoms with Gasteiger partial charge in [-0.2, -0.15) is 5.26 Å². The van der Waals surface area contributed by atoms with E-state index < -0.39 is 0 Å². The minimum Gasteiger partial charge on any atom is -0.295 e. The van der Waals surface area contributed by atoms with Crippen LogP contribution in [0.25, 0.3) is 0 Å². The Bertz CT molecular complexity index is 597. The van der Waals surface area contributed by atoms with Gasteiger partial charge in [0.2, 0.25) is 0 Å². The van der Waals surface area contributed by atoms with Crippen LogP contribution in [0.4, 0.5) is 0 Å². The van der Waals surface area contributed by atoms with E-state index in [9.17, 15) is 4.79 Å². The van der Waals surface area contributed by atoms with E-state index in [1.54, 1.807) is 30.6 Å². The molecule has 0 spiro atoms. The van der Waals surface area contributed by atoms with Crippen LogP contribution < -0.4 is 5.69 Å². The highest BCUT2D eigenvalue weighted by molar-refractivity contribution is 5.30. The second-order valence-corrected chi connectivity index (χ2v) is 3.15. The van der Waals surface area contributed by atoms with Gasteiger partial charge in [-0.05, 0) is 12.1 Å². The molecule has 0 unspecified atom stereocenters. The third-order valence-electron chi connectivity index (χ3n) is 2.12. The molecule has 0 bridgehead atoms. The summed E-state index contributed by atoms with van der Waals surface area (Å²) in [7, 11) is 0. The molecular formula is C11H8N4O. The van der Waals surface area contributed by atoms with Crippen molar-refractivity contribution in [2.24, 2.45) is 0 Å². The van der Waals surface area contributed by atoms with Crippen LogP contribution in [-0.2, 0) is 6.54 Å². The van der Waals surface area contributed by atoms with E-state index in [1.807, 2.05) is 6.07 Å². The van der Waals surface area contributed by atoms with Gasteiger partial charge in [-0.1, -0.05) is 6.07 Å². The van der Waals surface area contributed by atoms with E-state index in [1.165, 1.54) is 10.8 Å². The molecule has 0 aliphatic rings. The molecule has 5 heteroatoms. The first-order valence-electron chi connectivity index (χ1n) is 4.66. The van der Waals surface area contributed by atoms with Crippen LogP contribution in [0.1, 0.15) is 11.3 Å². The van der Waals surface area contributed by atoms with E-state index >= 15 is 0 Å². The van der Waals surface area contributed by atoms with Crippen molar-refractivity contribution in [1.82, 2.24) is 14.5 Å². The smallest absolute Gasteiger partial charge is 0.295 e. The lowest BCUT2D eigenvalue weighted by Gasteiger charge is -2.04. The topological polar surface area (TPSA) is 71.6 Å². The molecule has 0 radical (unpaired) electrons. The van der Waals surface area contributed by atoms with Gasteiger partial charge in [0.25, 0.3) is 0 Å². The van der Waals surface area contributed by atoms with E-state index in [2.05, 4.69) is 9.97 Å². The Morgan fingerprint density at radius 3 is 2.88 bits per heavy atom. The number of hydrogen-bond donors (Lipinski definition) is 0. The first-order valence-corrected chi connectivity index (χ1v) is 4.66. The predicted molar refractivity (Wildman–Crippen MR) is 56.6 cm³/mol. The van der Waals surface area contributed by atoms with Crippen molar-refractivity contribution in [3.05, 3.63) is 58.5 Å². The highest BCUT2D eigenvalue weighted by atomic mass is 16.1. The Balaban J connectivity index is 2.39. The van der Waals surface area contributed by atoms with Crippen LogP contribution in [0.15, 0.2) is 41.6 Å². The maximum atomic E-state index is 11.4. The van der Waals surface area contributed by atoms with Crippen molar-refractivity contribution >= 4 is 0 Å². The molecule has 0 saturated carbocycles. The second kappa shape index (κ2) is 4.36. The summed E-state index contributed by atoms with van der Waals surface area (Å²) in [6, 6.07) is 7.16. The fourth-order valence-electron chi connectivity index (χ4n) is 1.36. The molecule has 5 nitrogen and oxygen atoms in total. The third kappa shape index (κ3) is 1.96. The first-order chi connectivity index (χ1) is 7.81. The van der Waals surface area contributed by atoms with Gasteiger partial charge in [-0.25, -0.2) is 14.8 Å². The fourth-order valence-corrected chi connectivity index (χ4v) is 1.36.